The molecule has 32 heavy (non-hydrogen) atoms. The van der Waals surface area contributed by atoms with Gasteiger partial charge in [0.2, 0.25) is 5.91 Å². The number of carbonyl (C=O) groups excluding carboxylic acids is 3. The zero-order valence-corrected chi connectivity index (χ0v) is 18.2. The van der Waals surface area contributed by atoms with E-state index < -0.39 is 11.9 Å². The maximum absolute atomic E-state index is 12.1. The highest BCUT2D eigenvalue weighted by atomic mass is 16.5. The Morgan fingerprint density at radius 2 is 1.69 bits per heavy atom. The molecule has 1 saturated heterocycles. The van der Waals surface area contributed by atoms with Gasteiger partial charge in [-0.2, -0.15) is 0 Å². The van der Waals surface area contributed by atoms with Crippen LogP contribution >= 0.6 is 0 Å². The molecule has 0 aliphatic carbocycles. The van der Waals surface area contributed by atoms with Crippen LogP contribution in [0, 0.1) is 0 Å². The van der Waals surface area contributed by atoms with Gasteiger partial charge in [0.1, 0.15) is 18.1 Å². The largest absolute Gasteiger partial charge is 0.494 e. The molecule has 1 aliphatic rings. The Kier molecular flexibility index (Phi) is 8.48. The third-order valence-corrected chi connectivity index (χ3v) is 4.90. The van der Waals surface area contributed by atoms with E-state index in [9.17, 15) is 14.4 Å². The number of hydrogen-bond donors (Lipinski definition) is 1. The Hall–Kier alpha value is -3.55. The van der Waals surface area contributed by atoms with Gasteiger partial charge in [-0.05, 0) is 55.3 Å². The molecule has 0 bridgehead atoms. The first kappa shape index (κ1) is 23.1. The lowest BCUT2D eigenvalue weighted by Crippen LogP contribution is -2.32. The number of rotatable bonds is 11. The summed E-state index contributed by atoms with van der Waals surface area (Å²) in [4.78, 5) is 37.5. The molecule has 1 heterocycles. The van der Waals surface area contributed by atoms with Crippen molar-refractivity contribution in [1.82, 2.24) is 10.2 Å². The summed E-state index contributed by atoms with van der Waals surface area (Å²) in [6, 6.07) is 14.1. The number of nitrogens with one attached hydrogen (secondary N) is 1. The van der Waals surface area contributed by atoms with E-state index in [0.29, 0.717) is 30.9 Å². The smallest absolute Gasteiger partial charge is 0.338 e. The number of likely N-dealkylation sites (tertiary alicyclic amines) is 1. The molecule has 170 valence electrons. The molecule has 8 heteroatoms. The molecule has 0 saturated carbocycles. The lowest BCUT2D eigenvalue weighted by molar-refractivity contribution is -0.128. The van der Waals surface area contributed by atoms with Gasteiger partial charge in [0.05, 0.1) is 18.7 Å². The Morgan fingerprint density at radius 3 is 2.31 bits per heavy atom. The quantitative estimate of drug-likeness (QED) is 0.426. The minimum atomic E-state index is -0.574. The topological polar surface area (TPSA) is 94.2 Å². The first-order valence-corrected chi connectivity index (χ1v) is 10.7. The summed E-state index contributed by atoms with van der Waals surface area (Å²) in [7, 11) is 0. The minimum absolute atomic E-state index is 0.157. The number of hydrogen-bond acceptors (Lipinski definition) is 6. The molecule has 0 spiro atoms. The van der Waals surface area contributed by atoms with Gasteiger partial charge < -0.3 is 24.4 Å². The van der Waals surface area contributed by atoms with Gasteiger partial charge >= 0.3 is 5.97 Å². The third kappa shape index (κ3) is 7.01. The molecular weight excluding hydrogens is 412 g/mol. The van der Waals surface area contributed by atoms with Crippen LogP contribution in [-0.2, 0) is 20.9 Å². The van der Waals surface area contributed by atoms with E-state index in [4.69, 9.17) is 14.2 Å². The first-order chi connectivity index (χ1) is 15.5. The zero-order valence-electron chi connectivity index (χ0n) is 18.2. The van der Waals surface area contributed by atoms with Crippen LogP contribution in [-0.4, -0.2) is 55.6 Å². The second-order valence-electron chi connectivity index (χ2n) is 7.29. The van der Waals surface area contributed by atoms with E-state index in [1.165, 1.54) is 0 Å². The monoisotopic (exact) mass is 440 g/mol. The van der Waals surface area contributed by atoms with Crippen LogP contribution in [0.5, 0.6) is 11.5 Å². The molecule has 3 rings (SSSR count). The van der Waals surface area contributed by atoms with Gasteiger partial charge in [-0.1, -0.05) is 12.1 Å². The average Bonchev–Trinajstić information content (AvgIpc) is 3.21. The fraction of sp³-hybridized carbons (Fsp3) is 0.375. The highest BCUT2D eigenvalue weighted by molar-refractivity contribution is 5.91. The van der Waals surface area contributed by atoms with Crippen LogP contribution in [0.4, 0.5) is 0 Å². The van der Waals surface area contributed by atoms with Crippen molar-refractivity contribution in [2.75, 3.05) is 32.9 Å². The molecule has 2 aromatic rings. The molecular formula is C24H28N2O6. The number of ether oxygens (including phenoxy) is 3. The van der Waals surface area contributed by atoms with Crippen molar-refractivity contribution < 1.29 is 28.6 Å². The maximum atomic E-state index is 12.1. The van der Waals surface area contributed by atoms with Gasteiger partial charge in [0.25, 0.3) is 5.91 Å². The summed E-state index contributed by atoms with van der Waals surface area (Å²) in [5.41, 5.74) is 1.30. The number of amides is 2. The summed E-state index contributed by atoms with van der Waals surface area (Å²) in [5, 5.41) is 2.64. The van der Waals surface area contributed by atoms with Gasteiger partial charge in [-0.15, -0.1) is 0 Å². The van der Waals surface area contributed by atoms with Crippen LogP contribution in [0.3, 0.4) is 0 Å². The fourth-order valence-corrected chi connectivity index (χ4v) is 3.26. The Bertz CT molecular complexity index is 911. The predicted octanol–water partition coefficient (Wildman–Crippen LogP) is 2.56. The van der Waals surface area contributed by atoms with E-state index >= 15 is 0 Å². The summed E-state index contributed by atoms with van der Waals surface area (Å²) < 4.78 is 16.0. The summed E-state index contributed by atoms with van der Waals surface area (Å²) in [6.45, 7) is 4.02. The highest BCUT2D eigenvalue weighted by Gasteiger charge is 2.20. The van der Waals surface area contributed by atoms with Crippen LogP contribution in [0.25, 0.3) is 0 Å². The van der Waals surface area contributed by atoms with Crippen LogP contribution in [0.2, 0.25) is 0 Å². The second kappa shape index (κ2) is 11.7. The number of esters is 1. The van der Waals surface area contributed by atoms with Gasteiger partial charge in [-0.3, -0.25) is 9.59 Å². The van der Waals surface area contributed by atoms with Crippen LogP contribution < -0.4 is 14.8 Å². The molecule has 1 aliphatic heterocycles. The molecule has 0 unspecified atom stereocenters. The van der Waals surface area contributed by atoms with E-state index in [-0.39, 0.29) is 25.7 Å². The Labute approximate surface area is 187 Å². The number of benzene rings is 2. The summed E-state index contributed by atoms with van der Waals surface area (Å²) >= 11 is 0. The van der Waals surface area contributed by atoms with Crippen LogP contribution in [0.15, 0.2) is 48.5 Å². The summed E-state index contributed by atoms with van der Waals surface area (Å²) in [5.74, 6) is 0.620. The molecule has 1 fully saturated rings. The van der Waals surface area contributed by atoms with Gasteiger partial charge in [0, 0.05) is 19.5 Å². The van der Waals surface area contributed by atoms with Crippen molar-refractivity contribution in [3.63, 3.8) is 0 Å². The first-order valence-electron chi connectivity index (χ1n) is 10.7. The molecule has 1 N–H and O–H groups in total. The number of nitrogens with zero attached hydrogens (tertiary/aromatic N) is 1. The normalized spacial score (nSPS) is 13.0. The average molecular weight is 440 g/mol. The Morgan fingerprint density at radius 1 is 1.00 bits per heavy atom. The van der Waals surface area contributed by atoms with E-state index in [2.05, 4.69) is 5.32 Å². The van der Waals surface area contributed by atoms with Gasteiger partial charge in [-0.25, -0.2) is 4.79 Å². The molecule has 2 aromatic carbocycles. The maximum Gasteiger partial charge on any atom is 0.338 e. The third-order valence-electron chi connectivity index (χ3n) is 4.90. The fourth-order valence-electron chi connectivity index (χ4n) is 3.26. The minimum Gasteiger partial charge on any atom is -0.494 e. The summed E-state index contributed by atoms with van der Waals surface area (Å²) in [6.07, 6.45) is 1.49. The van der Waals surface area contributed by atoms with Crippen molar-refractivity contribution in [2.24, 2.45) is 0 Å². The SMILES string of the molecule is CCOc1ccc(OCCNC(=O)COC(=O)c2ccc(CN3CCCC3=O)cc2)cc1. The molecule has 0 aromatic heterocycles. The number of carbonyl (C=O) groups is 3. The molecule has 0 atom stereocenters. The van der Waals surface area contributed by atoms with Crippen molar-refractivity contribution in [2.45, 2.75) is 26.3 Å². The highest BCUT2D eigenvalue weighted by Crippen LogP contribution is 2.17. The molecule has 0 radical (unpaired) electrons. The van der Waals surface area contributed by atoms with Gasteiger partial charge in [0.15, 0.2) is 6.61 Å². The van der Waals surface area contributed by atoms with E-state index in [1.807, 2.05) is 19.1 Å². The Balaban J connectivity index is 1.32. The van der Waals surface area contributed by atoms with E-state index in [1.54, 1.807) is 41.3 Å². The van der Waals surface area contributed by atoms with Crippen molar-refractivity contribution in [3.8, 4) is 11.5 Å². The van der Waals surface area contributed by atoms with E-state index in [0.717, 1.165) is 24.3 Å². The second-order valence-corrected chi connectivity index (χ2v) is 7.29. The lowest BCUT2D eigenvalue weighted by atomic mass is 10.1. The van der Waals surface area contributed by atoms with Crippen molar-refractivity contribution in [1.29, 1.82) is 0 Å². The van der Waals surface area contributed by atoms with Crippen LogP contribution in [0.1, 0.15) is 35.7 Å². The molecule has 2 amide bonds. The lowest BCUT2D eigenvalue weighted by Gasteiger charge is -2.15. The van der Waals surface area contributed by atoms with Crippen molar-refractivity contribution >= 4 is 17.8 Å². The van der Waals surface area contributed by atoms with Crippen molar-refractivity contribution in [3.05, 3.63) is 59.7 Å². The predicted molar refractivity (Wildman–Crippen MR) is 117 cm³/mol. The zero-order chi connectivity index (χ0) is 22.8. The molecule has 8 nitrogen and oxygen atoms in total. The standard InChI is InChI=1S/C24H28N2O6/c1-2-30-20-9-11-21(12-10-20)31-15-13-25-22(27)17-32-24(29)19-7-5-18(6-8-19)16-26-14-3-4-23(26)28/h5-12H,2-4,13-17H2,1H3,(H,25,27).